The van der Waals surface area contributed by atoms with Crippen LogP contribution >= 0.6 is 0 Å². The Kier molecular flexibility index (Phi) is 3.48. The fraction of sp³-hybridized carbons (Fsp3) is 0.700. The molecule has 1 aliphatic heterocycles. The molecule has 0 aromatic carbocycles. The van der Waals surface area contributed by atoms with Crippen LogP contribution in [0.3, 0.4) is 0 Å². The van der Waals surface area contributed by atoms with Crippen molar-refractivity contribution in [1.82, 2.24) is 0 Å². The lowest BCUT2D eigenvalue weighted by molar-refractivity contribution is -0.145. The summed E-state index contributed by atoms with van der Waals surface area (Å²) in [5, 5.41) is 0. The van der Waals surface area contributed by atoms with Gasteiger partial charge in [0.15, 0.2) is 0 Å². The van der Waals surface area contributed by atoms with Gasteiger partial charge in [0.2, 0.25) is 0 Å². The first-order chi connectivity index (χ1) is 6.09. The van der Waals surface area contributed by atoms with Crippen molar-refractivity contribution >= 4 is 5.97 Å². The van der Waals surface area contributed by atoms with Gasteiger partial charge < -0.3 is 9.47 Å². The van der Waals surface area contributed by atoms with Crippen molar-refractivity contribution in [2.45, 2.75) is 33.3 Å². The Morgan fingerprint density at radius 3 is 2.77 bits per heavy atom. The SMILES string of the molecule is CC(=O)OCC1CC(C)=C(C)CO1. The van der Waals surface area contributed by atoms with E-state index in [2.05, 4.69) is 13.8 Å². The fourth-order valence-electron chi connectivity index (χ4n) is 1.26. The number of esters is 1. The molecule has 0 saturated heterocycles. The number of carbonyl (C=O) groups excluding carboxylic acids is 1. The van der Waals surface area contributed by atoms with Gasteiger partial charge in [-0.25, -0.2) is 0 Å². The first-order valence-corrected chi connectivity index (χ1v) is 4.49. The van der Waals surface area contributed by atoms with E-state index >= 15 is 0 Å². The third kappa shape index (κ3) is 3.19. The molecule has 0 radical (unpaired) electrons. The van der Waals surface area contributed by atoms with Gasteiger partial charge in [0, 0.05) is 6.92 Å². The van der Waals surface area contributed by atoms with Crippen LogP contribution in [-0.2, 0) is 14.3 Å². The Hall–Kier alpha value is -0.830. The lowest BCUT2D eigenvalue weighted by Crippen LogP contribution is -2.26. The van der Waals surface area contributed by atoms with Gasteiger partial charge in [-0.1, -0.05) is 5.57 Å². The molecule has 1 rings (SSSR count). The molecule has 3 nitrogen and oxygen atoms in total. The van der Waals surface area contributed by atoms with Crippen molar-refractivity contribution in [3.63, 3.8) is 0 Å². The van der Waals surface area contributed by atoms with Crippen molar-refractivity contribution < 1.29 is 14.3 Å². The summed E-state index contributed by atoms with van der Waals surface area (Å²) in [7, 11) is 0. The van der Waals surface area contributed by atoms with E-state index in [0.717, 1.165) is 6.42 Å². The highest BCUT2D eigenvalue weighted by Crippen LogP contribution is 2.19. The predicted octanol–water partition coefficient (Wildman–Crippen LogP) is 1.67. The summed E-state index contributed by atoms with van der Waals surface area (Å²) in [5.74, 6) is -0.243. The average Bonchev–Trinajstić information content (AvgIpc) is 2.07. The minimum absolute atomic E-state index is 0.0487. The molecule has 1 atom stereocenters. The molecule has 0 saturated carbocycles. The molecule has 1 heterocycles. The molecule has 0 bridgehead atoms. The van der Waals surface area contributed by atoms with E-state index in [4.69, 9.17) is 9.47 Å². The highest BCUT2D eigenvalue weighted by Gasteiger charge is 2.17. The standard InChI is InChI=1S/C10H16O3/c1-7-4-10(6-12-9(3)11)13-5-8(7)2/h10H,4-6H2,1-3H3. The molecule has 74 valence electrons. The molecule has 1 unspecified atom stereocenters. The largest absolute Gasteiger partial charge is 0.463 e. The first-order valence-electron chi connectivity index (χ1n) is 4.49. The van der Waals surface area contributed by atoms with Crippen LogP contribution in [0.25, 0.3) is 0 Å². The maximum absolute atomic E-state index is 10.5. The molecule has 3 heteroatoms. The van der Waals surface area contributed by atoms with Crippen molar-refractivity contribution in [1.29, 1.82) is 0 Å². The quantitative estimate of drug-likeness (QED) is 0.484. The topological polar surface area (TPSA) is 35.5 Å². The predicted molar refractivity (Wildman–Crippen MR) is 49.4 cm³/mol. The smallest absolute Gasteiger partial charge is 0.302 e. The minimum atomic E-state index is -0.243. The van der Waals surface area contributed by atoms with E-state index in [1.165, 1.54) is 18.1 Å². The monoisotopic (exact) mass is 184 g/mol. The molecule has 0 aromatic heterocycles. The van der Waals surface area contributed by atoms with Crippen LogP contribution in [0.15, 0.2) is 11.1 Å². The average molecular weight is 184 g/mol. The molecule has 0 spiro atoms. The van der Waals surface area contributed by atoms with E-state index < -0.39 is 0 Å². The maximum Gasteiger partial charge on any atom is 0.302 e. The van der Waals surface area contributed by atoms with Gasteiger partial charge in [-0.2, -0.15) is 0 Å². The zero-order valence-corrected chi connectivity index (χ0v) is 8.42. The fourth-order valence-corrected chi connectivity index (χ4v) is 1.26. The summed E-state index contributed by atoms with van der Waals surface area (Å²) in [5.41, 5.74) is 2.64. The van der Waals surface area contributed by atoms with Gasteiger partial charge in [0.25, 0.3) is 0 Å². The lowest BCUT2D eigenvalue weighted by Gasteiger charge is -2.24. The Balaban J connectivity index is 2.36. The van der Waals surface area contributed by atoms with E-state index in [-0.39, 0.29) is 12.1 Å². The Labute approximate surface area is 78.7 Å². The minimum Gasteiger partial charge on any atom is -0.463 e. The van der Waals surface area contributed by atoms with Gasteiger partial charge in [0.1, 0.15) is 6.61 Å². The number of carbonyl (C=O) groups is 1. The summed E-state index contributed by atoms with van der Waals surface area (Å²) in [6.45, 7) is 6.62. The molecule has 0 N–H and O–H groups in total. The number of hydrogen-bond acceptors (Lipinski definition) is 3. The van der Waals surface area contributed by atoms with E-state index in [1.807, 2.05) is 0 Å². The molecule has 1 aliphatic rings. The first kappa shape index (κ1) is 10.3. The Bertz CT molecular complexity index is 230. The van der Waals surface area contributed by atoms with Crippen molar-refractivity contribution in [3.8, 4) is 0 Å². The molecule has 0 aromatic rings. The summed E-state index contributed by atoms with van der Waals surface area (Å²) in [6, 6.07) is 0. The zero-order valence-electron chi connectivity index (χ0n) is 8.42. The molecule has 0 fully saturated rings. The van der Waals surface area contributed by atoms with Crippen LogP contribution in [-0.4, -0.2) is 25.3 Å². The van der Waals surface area contributed by atoms with E-state index in [0.29, 0.717) is 13.2 Å². The van der Waals surface area contributed by atoms with Gasteiger partial charge in [0.05, 0.1) is 12.7 Å². The second-order valence-corrected chi connectivity index (χ2v) is 3.50. The number of rotatable bonds is 2. The third-order valence-electron chi connectivity index (χ3n) is 2.27. The Morgan fingerprint density at radius 1 is 1.54 bits per heavy atom. The summed E-state index contributed by atoms with van der Waals surface area (Å²) in [4.78, 5) is 10.5. The summed E-state index contributed by atoms with van der Waals surface area (Å²) < 4.78 is 10.4. The third-order valence-corrected chi connectivity index (χ3v) is 2.27. The lowest BCUT2D eigenvalue weighted by atomic mass is 10.0. The second kappa shape index (κ2) is 4.42. The Morgan fingerprint density at radius 2 is 2.23 bits per heavy atom. The molecule has 13 heavy (non-hydrogen) atoms. The van der Waals surface area contributed by atoms with Crippen LogP contribution < -0.4 is 0 Å². The van der Waals surface area contributed by atoms with Gasteiger partial charge in [-0.15, -0.1) is 0 Å². The van der Waals surface area contributed by atoms with Gasteiger partial charge in [-0.3, -0.25) is 4.79 Å². The van der Waals surface area contributed by atoms with Gasteiger partial charge in [-0.05, 0) is 25.8 Å². The molecule has 0 aliphatic carbocycles. The van der Waals surface area contributed by atoms with Crippen LogP contribution in [0.5, 0.6) is 0 Å². The second-order valence-electron chi connectivity index (χ2n) is 3.50. The van der Waals surface area contributed by atoms with Crippen LogP contribution in [0, 0.1) is 0 Å². The van der Waals surface area contributed by atoms with E-state index in [1.54, 1.807) is 0 Å². The molecular weight excluding hydrogens is 168 g/mol. The normalized spacial score (nSPS) is 23.2. The molecular formula is C10H16O3. The maximum atomic E-state index is 10.5. The summed E-state index contributed by atoms with van der Waals surface area (Å²) >= 11 is 0. The highest BCUT2D eigenvalue weighted by molar-refractivity contribution is 5.65. The van der Waals surface area contributed by atoms with Crippen LogP contribution in [0.1, 0.15) is 27.2 Å². The van der Waals surface area contributed by atoms with Crippen molar-refractivity contribution in [2.24, 2.45) is 0 Å². The highest BCUT2D eigenvalue weighted by atomic mass is 16.6. The molecule has 0 amide bonds. The number of hydrogen-bond donors (Lipinski definition) is 0. The van der Waals surface area contributed by atoms with E-state index in [9.17, 15) is 4.79 Å². The van der Waals surface area contributed by atoms with Crippen molar-refractivity contribution in [3.05, 3.63) is 11.1 Å². The summed E-state index contributed by atoms with van der Waals surface area (Å²) in [6.07, 6.45) is 0.923. The van der Waals surface area contributed by atoms with Crippen LogP contribution in [0.4, 0.5) is 0 Å². The number of ether oxygens (including phenoxy) is 2. The van der Waals surface area contributed by atoms with Gasteiger partial charge >= 0.3 is 5.97 Å². The van der Waals surface area contributed by atoms with Crippen molar-refractivity contribution in [2.75, 3.05) is 13.2 Å². The zero-order chi connectivity index (χ0) is 9.84. The van der Waals surface area contributed by atoms with Crippen LogP contribution in [0.2, 0.25) is 0 Å².